The van der Waals surface area contributed by atoms with Gasteiger partial charge >= 0.3 is 0 Å². The van der Waals surface area contributed by atoms with Gasteiger partial charge < -0.3 is 10.2 Å². The summed E-state index contributed by atoms with van der Waals surface area (Å²) in [7, 11) is -3.32. The molecule has 2 amide bonds. The number of nitrogens with one attached hydrogen (secondary N) is 1. The molecular formula is C17H23N3O4S. The zero-order valence-electron chi connectivity index (χ0n) is 14.1. The van der Waals surface area contributed by atoms with Gasteiger partial charge in [-0.2, -0.15) is 0 Å². The van der Waals surface area contributed by atoms with Crippen molar-refractivity contribution in [3.05, 3.63) is 30.3 Å². The first kappa shape index (κ1) is 17.9. The van der Waals surface area contributed by atoms with Gasteiger partial charge in [0.25, 0.3) is 0 Å². The summed E-state index contributed by atoms with van der Waals surface area (Å²) >= 11 is 0. The molecule has 3 rings (SSSR count). The Hall–Kier alpha value is -1.93. The van der Waals surface area contributed by atoms with Crippen LogP contribution in [-0.2, 0) is 19.6 Å². The monoisotopic (exact) mass is 365 g/mol. The van der Waals surface area contributed by atoms with E-state index in [2.05, 4.69) is 5.32 Å². The molecule has 0 saturated carbocycles. The first-order chi connectivity index (χ1) is 12.0. The maximum atomic E-state index is 12.5. The van der Waals surface area contributed by atoms with Crippen molar-refractivity contribution in [1.29, 1.82) is 0 Å². The molecule has 0 bridgehead atoms. The van der Waals surface area contributed by atoms with Crippen LogP contribution in [0.2, 0.25) is 0 Å². The fourth-order valence-corrected chi connectivity index (χ4v) is 4.74. The minimum absolute atomic E-state index is 0.0345. The van der Waals surface area contributed by atoms with E-state index in [4.69, 9.17) is 0 Å². The third-order valence-corrected chi connectivity index (χ3v) is 6.58. The van der Waals surface area contributed by atoms with Crippen LogP contribution in [0.25, 0.3) is 0 Å². The van der Waals surface area contributed by atoms with Crippen molar-refractivity contribution >= 4 is 27.5 Å². The van der Waals surface area contributed by atoms with Gasteiger partial charge in [-0.15, -0.1) is 0 Å². The average Bonchev–Trinajstić information content (AvgIpc) is 3.25. The fourth-order valence-electron chi connectivity index (χ4n) is 3.31. The van der Waals surface area contributed by atoms with E-state index in [1.54, 1.807) is 4.90 Å². The molecule has 7 nitrogen and oxygen atoms in total. The van der Waals surface area contributed by atoms with Gasteiger partial charge in [0.1, 0.15) is 5.92 Å². The summed E-state index contributed by atoms with van der Waals surface area (Å²) in [6.45, 7) is 1.65. The normalized spacial score (nSPS) is 21.7. The van der Waals surface area contributed by atoms with E-state index in [1.165, 1.54) is 4.31 Å². The highest BCUT2D eigenvalue weighted by molar-refractivity contribution is 7.89. The number of amides is 2. The van der Waals surface area contributed by atoms with E-state index in [-0.39, 0.29) is 24.1 Å². The van der Waals surface area contributed by atoms with E-state index >= 15 is 0 Å². The summed E-state index contributed by atoms with van der Waals surface area (Å²) in [6.07, 6.45) is 2.22. The molecule has 2 aliphatic heterocycles. The van der Waals surface area contributed by atoms with Crippen molar-refractivity contribution in [2.75, 3.05) is 36.8 Å². The molecule has 8 heteroatoms. The molecule has 1 atom stereocenters. The molecule has 0 spiro atoms. The van der Waals surface area contributed by atoms with Gasteiger partial charge in [0.15, 0.2) is 0 Å². The van der Waals surface area contributed by atoms with E-state index in [0.29, 0.717) is 26.1 Å². The van der Waals surface area contributed by atoms with Gasteiger partial charge in [-0.05, 0) is 31.4 Å². The Balaban J connectivity index is 1.51. The van der Waals surface area contributed by atoms with Gasteiger partial charge in [-0.25, -0.2) is 12.7 Å². The van der Waals surface area contributed by atoms with E-state index in [0.717, 1.165) is 18.5 Å². The predicted octanol–water partition coefficient (Wildman–Crippen LogP) is 0.581. The second-order valence-corrected chi connectivity index (χ2v) is 8.47. The summed E-state index contributed by atoms with van der Waals surface area (Å²) < 4.78 is 25.7. The summed E-state index contributed by atoms with van der Waals surface area (Å²) in [4.78, 5) is 26.3. The largest absolute Gasteiger partial charge is 0.354 e. The number of hydrogen-bond acceptors (Lipinski definition) is 4. The summed E-state index contributed by atoms with van der Waals surface area (Å²) in [5.74, 6) is -1.48. The Morgan fingerprint density at radius 2 is 1.80 bits per heavy atom. The lowest BCUT2D eigenvalue weighted by Crippen LogP contribution is -2.40. The van der Waals surface area contributed by atoms with Crippen LogP contribution in [0.5, 0.6) is 0 Å². The van der Waals surface area contributed by atoms with Crippen molar-refractivity contribution in [1.82, 2.24) is 9.62 Å². The second kappa shape index (κ2) is 7.53. The van der Waals surface area contributed by atoms with Crippen LogP contribution in [0.3, 0.4) is 0 Å². The lowest BCUT2D eigenvalue weighted by Gasteiger charge is -2.17. The number of carbonyl (C=O) groups excluding carboxylic acids is 2. The van der Waals surface area contributed by atoms with E-state index in [9.17, 15) is 18.0 Å². The first-order valence-corrected chi connectivity index (χ1v) is 10.2. The minimum atomic E-state index is -3.32. The number of anilines is 1. The maximum absolute atomic E-state index is 12.5. The molecule has 1 N–H and O–H groups in total. The average molecular weight is 365 g/mol. The molecule has 0 aliphatic carbocycles. The lowest BCUT2D eigenvalue weighted by molar-refractivity contribution is -0.132. The number of benzene rings is 1. The number of para-hydroxylation sites is 1. The molecule has 25 heavy (non-hydrogen) atoms. The van der Waals surface area contributed by atoms with Gasteiger partial charge in [-0.3, -0.25) is 9.59 Å². The molecule has 1 aromatic rings. The van der Waals surface area contributed by atoms with E-state index < -0.39 is 15.9 Å². The van der Waals surface area contributed by atoms with Crippen LogP contribution in [0.1, 0.15) is 19.3 Å². The molecular weight excluding hydrogens is 342 g/mol. The van der Waals surface area contributed by atoms with Crippen LogP contribution in [0, 0.1) is 5.92 Å². The van der Waals surface area contributed by atoms with Crippen molar-refractivity contribution < 1.29 is 18.0 Å². The molecule has 0 radical (unpaired) electrons. The van der Waals surface area contributed by atoms with Gasteiger partial charge in [0, 0.05) is 31.9 Å². The van der Waals surface area contributed by atoms with E-state index in [1.807, 2.05) is 30.3 Å². The van der Waals surface area contributed by atoms with Crippen LogP contribution in [0.15, 0.2) is 30.3 Å². The summed E-state index contributed by atoms with van der Waals surface area (Å²) in [6, 6.07) is 9.23. The molecule has 2 fully saturated rings. The van der Waals surface area contributed by atoms with Crippen molar-refractivity contribution in [3.8, 4) is 0 Å². The first-order valence-electron chi connectivity index (χ1n) is 8.61. The SMILES string of the molecule is O=C(NCCS(=O)(=O)N1CCCC1)C1CCN(c2ccccc2)C1=O. The van der Waals surface area contributed by atoms with Crippen LogP contribution in [-0.4, -0.2) is 56.5 Å². The molecule has 0 aromatic heterocycles. The predicted molar refractivity (Wildman–Crippen MR) is 94.5 cm³/mol. The molecule has 1 aromatic carbocycles. The minimum Gasteiger partial charge on any atom is -0.354 e. The molecule has 136 valence electrons. The highest BCUT2D eigenvalue weighted by atomic mass is 32.2. The van der Waals surface area contributed by atoms with Gasteiger partial charge in [0.05, 0.1) is 5.75 Å². The Morgan fingerprint density at radius 1 is 1.12 bits per heavy atom. The zero-order chi connectivity index (χ0) is 17.9. The highest BCUT2D eigenvalue weighted by Gasteiger charge is 2.37. The standard InChI is InChI=1S/C17H23N3O4S/c21-16(18-9-13-25(23,24)19-10-4-5-11-19)15-8-12-20(17(15)22)14-6-2-1-3-7-14/h1-3,6-7,15H,4-5,8-13H2,(H,18,21). The number of hydrogen-bond donors (Lipinski definition) is 1. The number of rotatable bonds is 6. The zero-order valence-corrected chi connectivity index (χ0v) is 14.9. The van der Waals surface area contributed by atoms with Crippen molar-refractivity contribution in [2.24, 2.45) is 5.92 Å². The fraction of sp³-hybridized carbons (Fsp3) is 0.529. The third-order valence-electron chi connectivity index (χ3n) is 4.71. The van der Waals surface area contributed by atoms with Crippen LogP contribution < -0.4 is 10.2 Å². The highest BCUT2D eigenvalue weighted by Crippen LogP contribution is 2.25. The second-order valence-electron chi connectivity index (χ2n) is 6.38. The lowest BCUT2D eigenvalue weighted by atomic mass is 10.1. The molecule has 2 saturated heterocycles. The Morgan fingerprint density at radius 3 is 2.48 bits per heavy atom. The maximum Gasteiger partial charge on any atom is 0.239 e. The number of carbonyl (C=O) groups is 2. The number of sulfonamides is 1. The summed E-state index contributed by atoms with van der Waals surface area (Å²) in [5.41, 5.74) is 0.777. The summed E-state index contributed by atoms with van der Waals surface area (Å²) in [5, 5.41) is 2.61. The molecule has 2 heterocycles. The number of nitrogens with zero attached hydrogens (tertiary/aromatic N) is 2. The van der Waals surface area contributed by atoms with Gasteiger partial charge in [0.2, 0.25) is 21.8 Å². The third kappa shape index (κ3) is 4.01. The Labute approximate surface area is 148 Å². The smallest absolute Gasteiger partial charge is 0.239 e. The molecule has 1 unspecified atom stereocenters. The van der Waals surface area contributed by atoms with Gasteiger partial charge in [-0.1, -0.05) is 18.2 Å². The van der Waals surface area contributed by atoms with Crippen LogP contribution >= 0.6 is 0 Å². The Kier molecular flexibility index (Phi) is 5.39. The molecule has 2 aliphatic rings. The van der Waals surface area contributed by atoms with Crippen LogP contribution in [0.4, 0.5) is 5.69 Å². The topological polar surface area (TPSA) is 86.8 Å². The van der Waals surface area contributed by atoms with Crippen molar-refractivity contribution in [2.45, 2.75) is 19.3 Å². The Bertz CT molecular complexity index is 730. The van der Waals surface area contributed by atoms with Crippen molar-refractivity contribution in [3.63, 3.8) is 0 Å². The quantitative estimate of drug-likeness (QED) is 0.747.